The van der Waals surface area contributed by atoms with Crippen LogP contribution < -0.4 is 5.32 Å². The Labute approximate surface area is 118 Å². The van der Waals surface area contributed by atoms with Crippen LogP contribution >= 0.6 is 27.3 Å². The van der Waals surface area contributed by atoms with Crippen LogP contribution in [0.25, 0.3) is 0 Å². The van der Waals surface area contributed by atoms with Gasteiger partial charge in [0.05, 0.1) is 0 Å². The van der Waals surface area contributed by atoms with Crippen molar-refractivity contribution >= 4 is 27.3 Å². The van der Waals surface area contributed by atoms with Gasteiger partial charge in [-0.25, -0.2) is 0 Å². The number of likely N-dealkylation sites (N-methyl/N-ethyl adjacent to an activating group) is 1. The number of thiophene rings is 1. The van der Waals surface area contributed by atoms with Gasteiger partial charge in [-0.2, -0.15) is 0 Å². The van der Waals surface area contributed by atoms with E-state index in [2.05, 4.69) is 58.5 Å². The largest absolute Gasteiger partial charge is 0.315 e. The topological polar surface area (TPSA) is 15.3 Å². The Morgan fingerprint density at radius 1 is 1.47 bits per heavy atom. The fourth-order valence-electron chi connectivity index (χ4n) is 1.87. The maximum Gasteiger partial charge on any atom is 0.0328 e. The van der Waals surface area contributed by atoms with Gasteiger partial charge in [0.2, 0.25) is 0 Å². The minimum Gasteiger partial charge on any atom is -0.315 e. The minimum absolute atomic E-state index is 0.627. The molecule has 0 bridgehead atoms. The maximum absolute atomic E-state index is 3.51. The highest BCUT2D eigenvalue weighted by Gasteiger charge is 2.13. The molecular formula is C13H23BrN2S. The summed E-state index contributed by atoms with van der Waals surface area (Å²) in [5, 5.41) is 5.66. The minimum atomic E-state index is 0.627. The number of nitrogens with one attached hydrogen (secondary N) is 1. The average molecular weight is 319 g/mol. The van der Waals surface area contributed by atoms with Crippen molar-refractivity contribution in [3.8, 4) is 0 Å². The summed E-state index contributed by atoms with van der Waals surface area (Å²) in [6, 6.07) is 2.84. The highest BCUT2D eigenvalue weighted by Crippen LogP contribution is 2.21. The predicted octanol–water partition coefficient (Wildman–Crippen LogP) is 3.72. The molecule has 0 fully saturated rings. The smallest absolute Gasteiger partial charge is 0.0328 e. The number of hydrogen-bond acceptors (Lipinski definition) is 3. The van der Waals surface area contributed by atoms with Gasteiger partial charge in [0.25, 0.3) is 0 Å². The summed E-state index contributed by atoms with van der Waals surface area (Å²) in [6.07, 6.45) is 2.40. The molecule has 2 nitrogen and oxygen atoms in total. The molecule has 0 spiro atoms. The number of nitrogens with zero attached hydrogens (tertiary/aromatic N) is 1. The van der Waals surface area contributed by atoms with Crippen LogP contribution in [0.5, 0.6) is 0 Å². The van der Waals surface area contributed by atoms with Crippen molar-refractivity contribution in [2.75, 3.05) is 20.1 Å². The Hall–Kier alpha value is 0.1000. The molecule has 0 aliphatic carbocycles. The van der Waals surface area contributed by atoms with E-state index in [0.717, 1.165) is 19.6 Å². The van der Waals surface area contributed by atoms with E-state index in [9.17, 15) is 0 Å². The number of hydrogen-bond donors (Lipinski definition) is 1. The fourth-order valence-corrected chi connectivity index (χ4v) is 3.38. The predicted molar refractivity (Wildman–Crippen MR) is 80.7 cm³/mol. The van der Waals surface area contributed by atoms with E-state index in [-0.39, 0.29) is 0 Å². The summed E-state index contributed by atoms with van der Waals surface area (Å²) < 4.78 is 1.20. The van der Waals surface area contributed by atoms with Crippen LogP contribution in [0.3, 0.4) is 0 Å². The van der Waals surface area contributed by atoms with E-state index >= 15 is 0 Å². The zero-order valence-corrected chi connectivity index (χ0v) is 13.4. The first-order valence-electron chi connectivity index (χ1n) is 6.31. The van der Waals surface area contributed by atoms with Crippen LogP contribution in [0.2, 0.25) is 0 Å². The molecule has 0 saturated carbocycles. The maximum atomic E-state index is 3.51. The van der Waals surface area contributed by atoms with Gasteiger partial charge in [-0.15, -0.1) is 11.3 Å². The third-order valence-electron chi connectivity index (χ3n) is 2.93. The lowest BCUT2D eigenvalue weighted by atomic mass is 10.2. The first-order chi connectivity index (χ1) is 8.17. The van der Waals surface area contributed by atoms with E-state index in [1.807, 2.05) is 11.3 Å². The van der Waals surface area contributed by atoms with Crippen molar-refractivity contribution in [3.05, 3.63) is 20.8 Å². The third-order valence-corrected chi connectivity index (χ3v) is 4.61. The lowest BCUT2D eigenvalue weighted by Crippen LogP contribution is -2.39. The van der Waals surface area contributed by atoms with Crippen LogP contribution in [0, 0.1) is 0 Å². The van der Waals surface area contributed by atoms with Gasteiger partial charge in [0.15, 0.2) is 0 Å². The van der Waals surface area contributed by atoms with Crippen LogP contribution in [-0.4, -0.2) is 31.1 Å². The second-order valence-corrected chi connectivity index (χ2v) is 6.32. The van der Waals surface area contributed by atoms with E-state index in [1.165, 1.54) is 22.2 Å². The highest BCUT2D eigenvalue weighted by molar-refractivity contribution is 9.10. The van der Waals surface area contributed by atoms with Crippen LogP contribution in [0.15, 0.2) is 15.9 Å². The first-order valence-corrected chi connectivity index (χ1v) is 7.98. The molecule has 17 heavy (non-hydrogen) atoms. The van der Waals surface area contributed by atoms with Crippen LogP contribution in [0.4, 0.5) is 0 Å². The van der Waals surface area contributed by atoms with Crippen LogP contribution in [0.1, 0.15) is 31.6 Å². The number of halogens is 1. The summed E-state index contributed by atoms with van der Waals surface area (Å²) in [4.78, 5) is 3.87. The van der Waals surface area contributed by atoms with Gasteiger partial charge in [0, 0.05) is 33.9 Å². The average Bonchev–Trinajstić information content (AvgIpc) is 2.70. The second kappa shape index (κ2) is 8.25. The molecule has 1 heterocycles. The Kier molecular flexibility index (Phi) is 7.35. The standard InChI is InChI=1S/C13H23BrN2S/c1-4-6-15-8-12(5-2)16(3)9-13-7-11(14)10-17-13/h7,10,12,15H,4-6,8-9H2,1-3H3. The summed E-state index contributed by atoms with van der Waals surface area (Å²) in [7, 11) is 2.22. The van der Waals surface area contributed by atoms with Crippen molar-refractivity contribution in [3.63, 3.8) is 0 Å². The van der Waals surface area contributed by atoms with E-state index in [4.69, 9.17) is 0 Å². The van der Waals surface area contributed by atoms with Crippen LogP contribution in [-0.2, 0) is 6.54 Å². The zero-order chi connectivity index (χ0) is 12.7. The Morgan fingerprint density at radius 2 is 2.24 bits per heavy atom. The number of rotatable bonds is 8. The Morgan fingerprint density at radius 3 is 2.76 bits per heavy atom. The normalized spacial score (nSPS) is 13.2. The van der Waals surface area contributed by atoms with Gasteiger partial charge in [0.1, 0.15) is 0 Å². The first kappa shape index (κ1) is 15.2. The third kappa shape index (κ3) is 5.51. The second-order valence-electron chi connectivity index (χ2n) is 4.41. The molecule has 1 aromatic rings. The summed E-state index contributed by atoms with van der Waals surface area (Å²) in [5.41, 5.74) is 0. The van der Waals surface area contributed by atoms with Gasteiger partial charge >= 0.3 is 0 Å². The molecule has 0 aliphatic heterocycles. The summed E-state index contributed by atoms with van der Waals surface area (Å²) in [6.45, 7) is 7.73. The molecule has 1 N–H and O–H groups in total. The Bertz CT molecular complexity index is 314. The van der Waals surface area contributed by atoms with E-state index < -0.39 is 0 Å². The molecule has 0 saturated heterocycles. The molecule has 98 valence electrons. The monoisotopic (exact) mass is 318 g/mol. The molecule has 0 aliphatic rings. The van der Waals surface area contributed by atoms with E-state index in [0.29, 0.717) is 6.04 Å². The van der Waals surface area contributed by atoms with E-state index in [1.54, 1.807) is 0 Å². The van der Waals surface area contributed by atoms with Gasteiger partial charge in [-0.05, 0) is 48.4 Å². The molecular weight excluding hydrogens is 296 g/mol. The fraction of sp³-hybridized carbons (Fsp3) is 0.692. The lowest BCUT2D eigenvalue weighted by molar-refractivity contribution is 0.223. The zero-order valence-electron chi connectivity index (χ0n) is 11.0. The Balaban J connectivity index is 2.40. The summed E-state index contributed by atoms with van der Waals surface area (Å²) >= 11 is 5.33. The van der Waals surface area contributed by atoms with Gasteiger partial charge in [-0.1, -0.05) is 13.8 Å². The molecule has 1 aromatic heterocycles. The molecule has 0 aromatic carbocycles. The molecule has 4 heteroatoms. The van der Waals surface area contributed by atoms with Crippen molar-refractivity contribution < 1.29 is 0 Å². The van der Waals surface area contributed by atoms with Crippen molar-refractivity contribution in [2.24, 2.45) is 0 Å². The van der Waals surface area contributed by atoms with Crippen molar-refractivity contribution in [1.29, 1.82) is 0 Å². The van der Waals surface area contributed by atoms with Gasteiger partial charge < -0.3 is 5.32 Å². The summed E-state index contributed by atoms with van der Waals surface area (Å²) in [5.74, 6) is 0. The van der Waals surface area contributed by atoms with Crippen molar-refractivity contribution in [2.45, 2.75) is 39.3 Å². The SMILES string of the molecule is CCCNCC(CC)N(C)Cc1cc(Br)cs1. The molecule has 1 atom stereocenters. The molecule has 0 radical (unpaired) electrons. The lowest BCUT2D eigenvalue weighted by Gasteiger charge is -2.27. The quantitative estimate of drug-likeness (QED) is 0.735. The highest BCUT2D eigenvalue weighted by atomic mass is 79.9. The molecule has 1 unspecified atom stereocenters. The van der Waals surface area contributed by atoms with Crippen molar-refractivity contribution in [1.82, 2.24) is 10.2 Å². The molecule has 0 amide bonds. The molecule has 1 rings (SSSR count). The van der Waals surface area contributed by atoms with Gasteiger partial charge in [-0.3, -0.25) is 4.90 Å².